The van der Waals surface area contributed by atoms with E-state index >= 15 is 0 Å². The fourth-order valence-electron chi connectivity index (χ4n) is 3.06. The predicted octanol–water partition coefficient (Wildman–Crippen LogP) is 3.32. The molecule has 126 valence electrons. The van der Waals surface area contributed by atoms with E-state index in [-0.39, 0.29) is 17.7 Å². The van der Waals surface area contributed by atoms with E-state index in [0.717, 1.165) is 17.0 Å². The van der Waals surface area contributed by atoms with Crippen molar-refractivity contribution in [1.82, 2.24) is 4.90 Å². The minimum absolute atomic E-state index is 0.0297. The Bertz CT molecular complexity index is 709. The molecule has 1 atom stereocenters. The Balaban J connectivity index is 1.65. The Morgan fingerprint density at radius 1 is 1.29 bits per heavy atom. The molecule has 0 spiro atoms. The Morgan fingerprint density at radius 2 is 2.04 bits per heavy atom. The third-order valence-electron chi connectivity index (χ3n) is 4.48. The molecule has 1 aromatic carbocycles. The summed E-state index contributed by atoms with van der Waals surface area (Å²) in [4.78, 5) is 29.6. The van der Waals surface area contributed by atoms with Crippen LogP contribution in [0.15, 0.2) is 41.8 Å². The van der Waals surface area contributed by atoms with Crippen LogP contribution >= 0.6 is 11.3 Å². The smallest absolute Gasteiger partial charge is 0.228 e. The normalized spacial score (nSPS) is 17.3. The lowest BCUT2D eigenvalue weighted by Gasteiger charge is -2.21. The van der Waals surface area contributed by atoms with Crippen molar-refractivity contribution in [1.29, 1.82) is 0 Å². The summed E-state index contributed by atoms with van der Waals surface area (Å²) in [5.41, 5.74) is 2.13. The van der Waals surface area contributed by atoms with E-state index in [0.29, 0.717) is 19.5 Å². The highest BCUT2D eigenvalue weighted by atomic mass is 32.1. The first-order valence-corrected chi connectivity index (χ1v) is 9.13. The molecule has 2 heterocycles. The first-order valence-electron chi connectivity index (χ1n) is 8.25. The highest BCUT2D eigenvalue weighted by molar-refractivity contribution is 7.09. The van der Waals surface area contributed by atoms with Crippen molar-refractivity contribution in [2.75, 3.05) is 18.5 Å². The van der Waals surface area contributed by atoms with Crippen LogP contribution in [-0.2, 0) is 22.6 Å². The van der Waals surface area contributed by atoms with Gasteiger partial charge in [0.2, 0.25) is 11.8 Å². The fraction of sp³-hybridized carbons (Fsp3) is 0.368. The maximum absolute atomic E-state index is 12.6. The predicted molar refractivity (Wildman–Crippen MR) is 97.1 cm³/mol. The van der Waals surface area contributed by atoms with E-state index in [1.807, 2.05) is 48.8 Å². The largest absolute Gasteiger partial charge is 0.340 e. The summed E-state index contributed by atoms with van der Waals surface area (Å²) in [6.45, 7) is 3.18. The second-order valence-corrected chi connectivity index (χ2v) is 7.23. The summed E-state index contributed by atoms with van der Waals surface area (Å²) in [6, 6.07) is 12.0. The Hall–Kier alpha value is -2.14. The first kappa shape index (κ1) is 16.7. The molecule has 2 aromatic rings. The number of carbonyl (C=O) groups is 2. The Labute approximate surface area is 146 Å². The van der Waals surface area contributed by atoms with Crippen LogP contribution in [0.25, 0.3) is 0 Å². The van der Waals surface area contributed by atoms with Crippen LogP contribution in [0.1, 0.15) is 23.8 Å². The van der Waals surface area contributed by atoms with Gasteiger partial charge in [0.15, 0.2) is 0 Å². The van der Waals surface area contributed by atoms with Crippen LogP contribution in [0, 0.1) is 5.92 Å². The van der Waals surface area contributed by atoms with Gasteiger partial charge in [0, 0.05) is 30.6 Å². The molecule has 3 rings (SSSR count). The number of hydrogen-bond donors (Lipinski definition) is 0. The molecule has 0 aliphatic carbocycles. The summed E-state index contributed by atoms with van der Waals surface area (Å²) < 4.78 is 0. The molecule has 2 amide bonds. The molecule has 1 aliphatic rings. The number of anilines is 1. The van der Waals surface area contributed by atoms with Gasteiger partial charge in [-0.2, -0.15) is 0 Å². The van der Waals surface area contributed by atoms with E-state index in [1.165, 1.54) is 5.56 Å². The molecular formula is C19H22N2O2S. The van der Waals surface area contributed by atoms with Crippen molar-refractivity contribution in [2.24, 2.45) is 5.92 Å². The number of aryl methyl sites for hydroxylation is 1. The maximum Gasteiger partial charge on any atom is 0.228 e. The second-order valence-electron chi connectivity index (χ2n) is 6.20. The average Bonchev–Trinajstić information content (AvgIpc) is 3.24. The van der Waals surface area contributed by atoms with Crippen LogP contribution in [0.5, 0.6) is 0 Å². The monoisotopic (exact) mass is 342 g/mol. The molecule has 1 aliphatic heterocycles. The summed E-state index contributed by atoms with van der Waals surface area (Å²) in [5.74, 6) is -0.181. The molecule has 4 nitrogen and oxygen atoms in total. The first-order chi connectivity index (χ1) is 11.6. The molecular weight excluding hydrogens is 320 g/mol. The molecule has 5 heteroatoms. The number of amides is 2. The molecule has 0 bridgehead atoms. The third-order valence-corrected chi connectivity index (χ3v) is 5.34. The number of carbonyl (C=O) groups excluding carboxylic acids is 2. The van der Waals surface area contributed by atoms with Crippen molar-refractivity contribution < 1.29 is 9.59 Å². The maximum atomic E-state index is 12.6. The minimum Gasteiger partial charge on any atom is -0.340 e. The van der Waals surface area contributed by atoms with Gasteiger partial charge in [-0.15, -0.1) is 11.3 Å². The van der Waals surface area contributed by atoms with E-state index in [9.17, 15) is 9.59 Å². The van der Waals surface area contributed by atoms with Gasteiger partial charge in [-0.1, -0.05) is 25.1 Å². The van der Waals surface area contributed by atoms with Crippen molar-refractivity contribution in [3.63, 3.8) is 0 Å². The van der Waals surface area contributed by atoms with Crippen molar-refractivity contribution >= 4 is 28.8 Å². The number of thiophene rings is 1. The standard InChI is InChI=1S/C19H22N2O2S/c1-3-14-6-8-16(9-7-14)21-12-15(11-18(21)22)19(23)20(2)13-17-5-4-10-24-17/h4-10,15H,3,11-13H2,1-2H3. The van der Waals surface area contributed by atoms with Crippen LogP contribution in [0.3, 0.4) is 0 Å². The van der Waals surface area contributed by atoms with Crippen molar-refractivity contribution in [3.8, 4) is 0 Å². The fourth-order valence-corrected chi connectivity index (χ4v) is 3.82. The lowest BCUT2D eigenvalue weighted by Crippen LogP contribution is -2.34. The molecule has 0 radical (unpaired) electrons. The molecule has 1 fully saturated rings. The molecule has 0 saturated carbocycles. The van der Waals surface area contributed by atoms with Gasteiger partial charge >= 0.3 is 0 Å². The van der Waals surface area contributed by atoms with Crippen LogP contribution in [-0.4, -0.2) is 30.3 Å². The molecule has 1 aromatic heterocycles. The highest BCUT2D eigenvalue weighted by Crippen LogP contribution is 2.27. The van der Waals surface area contributed by atoms with E-state index in [2.05, 4.69) is 6.92 Å². The number of hydrogen-bond acceptors (Lipinski definition) is 3. The summed E-state index contributed by atoms with van der Waals surface area (Å²) in [5, 5.41) is 2.01. The van der Waals surface area contributed by atoms with Gasteiger partial charge < -0.3 is 9.80 Å². The minimum atomic E-state index is -0.256. The van der Waals surface area contributed by atoms with Crippen molar-refractivity contribution in [2.45, 2.75) is 26.3 Å². The molecule has 1 saturated heterocycles. The van der Waals surface area contributed by atoms with Crippen molar-refractivity contribution in [3.05, 3.63) is 52.2 Å². The average molecular weight is 342 g/mol. The van der Waals surface area contributed by atoms with Crippen LogP contribution in [0.4, 0.5) is 5.69 Å². The van der Waals surface area contributed by atoms with E-state index < -0.39 is 0 Å². The van der Waals surface area contributed by atoms with E-state index in [4.69, 9.17) is 0 Å². The SMILES string of the molecule is CCc1ccc(N2CC(C(=O)N(C)Cc3cccs3)CC2=O)cc1. The zero-order valence-corrected chi connectivity index (χ0v) is 14.9. The number of nitrogens with zero attached hydrogens (tertiary/aromatic N) is 2. The lowest BCUT2D eigenvalue weighted by atomic mass is 10.1. The Morgan fingerprint density at radius 3 is 2.67 bits per heavy atom. The quantitative estimate of drug-likeness (QED) is 0.836. The Kier molecular flexibility index (Phi) is 5.00. The molecule has 24 heavy (non-hydrogen) atoms. The summed E-state index contributed by atoms with van der Waals surface area (Å²) in [6.07, 6.45) is 1.27. The number of rotatable bonds is 5. The van der Waals surface area contributed by atoms with Crippen LogP contribution < -0.4 is 4.90 Å². The lowest BCUT2D eigenvalue weighted by molar-refractivity contribution is -0.135. The van der Waals surface area contributed by atoms with Crippen LogP contribution in [0.2, 0.25) is 0 Å². The van der Waals surface area contributed by atoms with Gasteiger partial charge in [0.25, 0.3) is 0 Å². The summed E-state index contributed by atoms with van der Waals surface area (Å²) >= 11 is 1.64. The number of benzene rings is 1. The highest BCUT2D eigenvalue weighted by Gasteiger charge is 2.36. The van der Waals surface area contributed by atoms with Gasteiger partial charge in [-0.3, -0.25) is 9.59 Å². The van der Waals surface area contributed by atoms with E-state index in [1.54, 1.807) is 21.1 Å². The zero-order valence-electron chi connectivity index (χ0n) is 14.1. The van der Waals surface area contributed by atoms with Gasteiger partial charge in [-0.25, -0.2) is 0 Å². The zero-order chi connectivity index (χ0) is 17.1. The third kappa shape index (κ3) is 3.51. The molecule has 0 N–H and O–H groups in total. The van der Waals surface area contributed by atoms with Gasteiger partial charge in [0.05, 0.1) is 12.5 Å². The molecule has 1 unspecified atom stereocenters. The van der Waals surface area contributed by atoms with Gasteiger partial charge in [0.1, 0.15) is 0 Å². The second kappa shape index (κ2) is 7.18. The topological polar surface area (TPSA) is 40.6 Å². The van der Waals surface area contributed by atoms with Gasteiger partial charge in [-0.05, 0) is 35.6 Å². The summed E-state index contributed by atoms with van der Waals surface area (Å²) in [7, 11) is 1.81.